The van der Waals surface area contributed by atoms with Crippen molar-refractivity contribution in [2.75, 3.05) is 26.2 Å². The molecule has 1 fully saturated rings. The van der Waals surface area contributed by atoms with E-state index >= 15 is 0 Å². The third kappa shape index (κ3) is 7.47. The molecule has 2 N–H and O–H groups in total. The normalized spacial score (nSPS) is 16.3. The van der Waals surface area contributed by atoms with Crippen molar-refractivity contribution in [3.05, 3.63) is 95.6 Å². The number of benzene rings is 3. The third-order valence-corrected chi connectivity index (χ3v) is 8.84. The van der Waals surface area contributed by atoms with Crippen LogP contribution in [0.5, 0.6) is 0 Å². The molecule has 228 valence electrons. The molecule has 3 aromatic carbocycles. The number of piperidine rings is 1. The van der Waals surface area contributed by atoms with Gasteiger partial charge in [-0.3, -0.25) is 9.59 Å². The van der Waals surface area contributed by atoms with Gasteiger partial charge < -0.3 is 15.5 Å². The average molecular weight is 592 g/mol. The van der Waals surface area contributed by atoms with E-state index in [0.29, 0.717) is 19.3 Å². The number of likely N-dealkylation sites (tertiary alicyclic amines) is 1. The van der Waals surface area contributed by atoms with Gasteiger partial charge in [-0.25, -0.2) is 0 Å². The van der Waals surface area contributed by atoms with Gasteiger partial charge in [0.25, 0.3) is 0 Å². The number of carbonyl (C=O) groups is 2. The third-order valence-electron chi connectivity index (χ3n) is 8.84. The highest BCUT2D eigenvalue weighted by atomic mass is 19.4. The van der Waals surface area contributed by atoms with E-state index in [2.05, 4.69) is 27.7 Å². The minimum absolute atomic E-state index is 0.112. The number of carbonyl (C=O) groups excluding carboxylic acids is 2. The number of alkyl halides is 3. The molecule has 0 radical (unpaired) electrons. The average Bonchev–Trinajstić information content (AvgIpc) is 3.30. The van der Waals surface area contributed by atoms with Gasteiger partial charge in [-0.1, -0.05) is 85.3 Å². The Labute approximate surface area is 251 Å². The number of amides is 2. The molecule has 5 nitrogen and oxygen atoms in total. The predicted octanol–water partition coefficient (Wildman–Crippen LogP) is 6.41. The first kappa shape index (κ1) is 30.8. The summed E-state index contributed by atoms with van der Waals surface area (Å²) >= 11 is 0. The molecule has 2 aliphatic rings. The van der Waals surface area contributed by atoms with Gasteiger partial charge in [0.1, 0.15) is 12.0 Å². The minimum Gasteiger partial charge on any atom is -0.353 e. The van der Waals surface area contributed by atoms with Gasteiger partial charge in [0.15, 0.2) is 0 Å². The zero-order valence-electron chi connectivity index (χ0n) is 24.5. The lowest BCUT2D eigenvalue weighted by atomic mass is 9.73. The van der Waals surface area contributed by atoms with Crippen LogP contribution in [0.1, 0.15) is 61.6 Å². The number of aryl methyl sites for hydroxylation is 1. The van der Waals surface area contributed by atoms with Crippen LogP contribution in [0.2, 0.25) is 0 Å². The van der Waals surface area contributed by atoms with Crippen LogP contribution in [-0.4, -0.2) is 55.1 Å². The van der Waals surface area contributed by atoms with Crippen molar-refractivity contribution < 1.29 is 22.8 Å². The highest BCUT2D eigenvalue weighted by Crippen LogP contribution is 2.51. The largest absolute Gasteiger partial charge is 0.405 e. The zero-order valence-corrected chi connectivity index (χ0v) is 24.5. The van der Waals surface area contributed by atoms with Gasteiger partial charge in [0.05, 0.1) is 0 Å². The Balaban J connectivity index is 1.13. The van der Waals surface area contributed by atoms with Crippen molar-refractivity contribution in [2.24, 2.45) is 0 Å². The number of nitrogens with one attached hydrogen (secondary N) is 2. The SMILES string of the molecule is O=C(CCCc1ccccc1)NC1CCN(CCCCC2(C(=O)NCC(F)(F)F)c3ccccc3-c3ccccc32)CC1. The van der Waals surface area contributed by atoms with Crippen LogP contribution in [0, 0.1) is 0 Å². The number of nitrogens with zero attached hydrogens (tertiary/aromatic N) is 1. The molecule has 1 aliphatic carbocycles. The van der Waals surface area contributed by atoms with Gasteiger partial charge >= 0.3 is 6.18 Å². The van der Waals surface area contributed by atoms with Crippen LogP contribution >= 0.6 is 0 Å². The molecular weight excluding hydrogens is 551 g/mol. The fourth-order valence-corrected chi connectivity index (χ4v) is 6.71. The summed E-state index contributed by atoms with van der Waals surface area (Å²) in [7, 11) is 0. The van der Waals surface area contributed by atoms with E-state index in [1.165, 1.54) is 5.56 Å². The van der Waals surface area contributed by atoms with E-state index in [9.17, 15) is 22.8 Å². The smallest absolute Gasteiger partial charge is 0.353 e. The van der Waals surface area contributed by atoms with Gasteiger partial charge in [-0.05, 0) is 72.9 Å². The van der Waals surface area contributed by atoms with Crippen LogP contribution < -0.4 is 10.6 Å². The summed E-state index contributed by atoms with van der Waals surface area (Å²) in [5, 5.41) is 5.41. The van der Waals surface area contributed by atoms with Gasteiger partial charge in [0.2, 0.25) is 11.8 Å². The molecule has 8 heteroatoms. The second-order valence-corrected chi connectivity index (χ2v) is 11.8. The summed E-state index contributed by atoms with van der Waals surface area (Å²) in [5.74, 6) is -0.483. The number of halogens is 3. The van der Waals surface area contributed by atoms with E-state index in [0.717, 1.165) is 74.0 Å². The van der Waals surface area contributed by atoms with Crippen molar-refractivity contribution in [1.29, 1.82) is 0 Å². The van der Waals surface area contributed by atoms with E-state index in [1.54, 1.807) is 0 Å². The number of unbranched alkanes of at least 4 members (excludes halogenated alkanes) is 1. The maximum Gasteiger partial charge on any atom is 0.405 e. The van der Waals surface area contributed by atoms with Gasteiger partial charge in [0, 0.05) is 25.6 Å². The number of fused-ring (bicyclic) bond motifs is 3. The summed E-state index contributed by atoms with van der Waals surface area (Å²) in [6, 6.07) is 25.5. The van der Waals surface area contributed by atoms with Crippen molar-refractivity contribution in [3.8, 4) is 11.1 Å². The lowest BCUT2D eigenvalue weighted by molar-refractivity contribution is -0.141. The second kappa shape index (κ2) is 13.8. The Hall–Kier alpha value is -3.65. The van der Waals surface area contributed by atoms with Crippen LogP contribution in [0.4, 0.5) is 13.2 Å². The van der Waals surface area contributed by atoms with E-state index in [-0.39, 0.29) is 11.9 Å². The van der Waals surface area contributed by atoms with Crippen molar-refractivity contribution in [2.45, 2.75) is 69.0 Å². The monoisotopic (exact) mass is 591 g/mol. The number of hydrogen-bond donors (Lipinski definition) is 2. The predicted molar refractivity (Wildman–Crippen MR) is 163 cm³/mol. The molecule has 43 heavy (non-hydrogen) atoms. The Kier molecular flexibility index (Phi) is 9.86. The summed E-state index contributed by atoms with van der Waals surface area (Å²) in [5.41, 5.74) is 3.45. The molecule has 1 saturated heterocycles. The standard InChI is InChI=1S/C35H40F3N3O2/c36-35(37,38)25-39-33(43)34(30-16-6-4-14-28(30)29-15-5-7-17-31(29)34)21-8-9-22-41-23-19-27(20-24-41)40-32(42)18-10-13-26-11-2-1-3-12-26/h1-7,11-12,14-17,27H,8-10,13,18-25H2,(H,39,43)(H,40,42). The fraction of sp³-hybridized carbons (Fsp3) is 0.429. The summed E-state index contributed by atoms with van der Waals surface area (Å²) < 4.78 is 39.3. The maximum atomic E-state index is 13.6. The quantitative estimate of drug-likeness (QED) is 0.240. The molecule has 2 amide bonds. The van der Waals surface area contributed by atoms with E-state index in [1.807, 2.05) is 66.7 Å². The highest BCUT2D eigenvalue weighted by molar-refractivity contribution is 6.00. The Morgan fingerprint density at radius 2 is 1.42 bits per heavy atom. The topological polar surface area (TPSA) is 61.4 Å². The number of rotatable bonds is 12. The minimum atomic E-state index is -4.48. The lowest BCUT2D eigenvalue weighted by Gasteiger charge is -2.33. The summed E-state index contributed by atoms with van der Waals surface area (Å²) in [6.45, 7) is 1.27. The lowest BCUT2D eigenvalue weighted by Crippen LogP contribution is -2.47. The summed E-state index contributed by atoms with van der Waals surface area (Å²) in [4.78, 5) is 28.5. The molecule has 1 aliphatic heterocycles. The molecule has 0 saturated carbocycles. The maximum absolute atomic E-state index is 13.6. The van der Waals surface area contributed by atoms with Crippen molar-refractivity contribution in [3.63, 3.8) is 0 Å². The van der Waals surface area contributed by atoms with Crippen molar-refractivity contribution in [1.82, 2.24) is 15.5 Å². The van der Waals surface area contributed by atoms with E-state index in [4.69, 9.17) is 0 Å². The Bertz CT molecular complexity index is 1340. The molecule has 0 spiro atoms. The molecule has 0 atom stereocenters. The summed E-state index contributed by atoms with van der Waals surface area (Å²) in [6.07, 6.45) is 1.52. The first-order valence-corrected chi connectivity index (χ1v) is 15.4. The first-order valence-electron chi connectivity index (χ1n) is 15.4. The van der Waals surface area contributed by atoms with Crippen LogP contribution in [0.25, 0.3) is 11.1 Å². The zero-order chi connectivity index (χ0) is 30.3. The van der Waals surface area contributed by atoms with Gasteiger partial charge in [-0.2, -0.15) is 13.2 Å². The molecule has 3 aromatic rings. The molecule has 0 unspecified atom stereocenters. The molecule has 5 rings (SSSR count). The van der Waals surface area contributed by atoms with Gasteiger partial charge in [-0.15, -0.1) is 0 Å². The molecule has 0 aromatic heterocycles. The molecular formula is C35H40F3N3O2. The second-order valence-electron chi connectivity index (χ2n) is 11.8. The Morgan fingerprint density at radius 1 is 0.814 bits per heavy atom. The molecule has 1 heterocycles. The Morgan fingerprint density at radius 3 is 2.05 bits per heavy atom. The highest BCUT2D eigenvalue weighted by Gasteiger charge is 2.49. The fourth-order valence-electron chi connectivity index (χ4n) is 6.71. The first-order chi connectivity index (χ1) is 20.8. The van der Waals surface area contributed by atoms with Crippen molar-refractivity contribution >= 4 is 11.8 Å². The van der Waals surface area contributed by atoms with Crippen LogP contribution in [-0.2, 0) is 21.4 Å². The van der Waals surface area contributed by atoms with E-state index < -0.39 is 24.0 Å². The van der Waals surface area contributed by atoms with Crippen LogP contribution in [0.15, 0.2) is 78.9 Å². The molecule has 0 bridgehead atoms. The number of hydrogen-bond acceptors (Lipinski definition) is 3. The van der Waals surface area contributed by atoms with Crippen LogP contribution in [0.3, 0.4) is 0 Å².